The molecule has 1 heterocycles. The highest BCUT2D eigenvalue weighted by atomic mass is 16.4. The molecule has 0 amide bonds. The maximum absolute atomic E-state index is 11.2. The summed E-state index contributed by atoms with van der Waals surface area (Å²) in [5.74, 6) is 0.0978. The van der Waals surface area contributed by atoms with E-state index in [0.717, 1.165) is 23.4 Å². The van der Waals surface area contributed by atoms with E-state index in [-0.39, 0.29) is 0 Å². The number of imidazole rings is 1. The first-order valence-corrected chi connectivity index (χ1v) is 7.75. The first-order valence-electron chi connectivity index (χ1n) is 7.75. The number of aromatic nitrogens is 2. The Morgan fingerprint density at radius 3 is 2.71 bits per heavy atom. The molecule has 21 heavy (non-hydrogen) atoms. The van der Waals surface area contributed by atoms with Gasteiger partial charge in [0.1, 0.15) is 5.82 Å². The minimum Gasteiger partial charge on any atom is -0.478 e. The second-order valence-electron chi connectivity index (χ2n) is 6.31. The summed E-state index contributed by atoms with van der Waals surface area (Å²) in [6.07, 6.45) is 6.31. The van der Waals surface area contributed by atoms with Crippen molar-refractivity contribution >= 4 is 17.0 Å². The zero-order valence-electron chi connectivity index (χ0n) is 12.7. The van der Waals surface area contributed by atoms with Gasteiger partial charge in [-0.05, 0) is 49.8 Å². The van der Waals surface area contributed by atoms with E-state index in [9.17, 15) is 9.90 Å². The SMILES string of the molecule is CCC1(Cn2c(C)nc3ccc(C(=O)O)cc32)CCCC1. The van der Waals surface area contributed by atoms with Crippen LogP contribution in [0, 0.1) is 12.3 Å². The molecule has 0 bridgehead atoms. The molecule has 4 heteroatoms. The molecule has 0 aliphatic heterocycles. The van der Waals surface area contributed by atoms with Gasteiger partial charge in [-0.3, -0.25) is 0 Å². The lowest BCUT2D eigenvalue weighted by Gasteiger charge is -2.28. The summed E-state index contributed by atoms with van der Waals surface area (Å²) >= 11 is 0. The third-order valence-corrected chi connectivity index (χ3v) is 5.09. The van der Waals surface area contributed by atoms with E-state index < -0.39 is 5.97 Å². The monoisotopic (exact) mass is 286 g/mol. The first-order chi connectivity index (χ1) is 10.0. The first kappa shape index (κ1) is 14.1. The van der Waals surface area contributed by atoms with Gasteiger partial charge >= 0.3 is 5.97 Å². The number of aromatic carboxylic acids is 1. The zero-order valence-corrected chi connectivity index (χ0v) is 12.7. The highest BCUT2D eigenvalue weighted by Gasteiger charge is 2.33. The fourth-order valence-electron chi connectivity index (χ4n) is 3.66. The molecule has 1 aliphatic carbocycles. The molecular formula is C17H22N2O2. The smallest absolute Gasteiger partial charge is 0.335 e. The molecule has 0 unspecified atom stereocenters. The summed E-state index contributed by atoms with van der Waals surface area (Å²) < 4.78 is 2.22. The maximum atomic E-state index is 11.2. The molecule has 1 N–H and O–H groups in total. The number of carbonyl (C=O) groups is 1. The molecule has 0 radical (unpaired) electrons. The molecule has 0 spiro atoms. The van der Waals surface area contributed by atoms with E-state index in [4.69, 9.17) is 0 Å². The lowest BCUT2D eigenvalue weighted by atomic mass is 9.83. The zero-order chi connectivity index (χ0) is 15.0. The van der Waals surface area contributed by atoms with Crippen LogP contribution in [0.3, 0.4) is 0 Å². The molecule has 1 aliphatic rings. The Morgan fingerprint density at radius 1 is 1.38 bits per heavy atom. The van der Waals surface area contributed by atoms with Crippen LogP contribution in [0.1, 0.15) is 55.2 Å². The maximum Gasteiger partial charge on any atom is 0.335 e. The number of rotatable bonds is 4. The highest BCUT2D eigenvalue weighted by Crippen LogP contribution is 2.43. The summed E-state index contributed by atoms with van der Waals surface area (Å²) in [6.45, 7) is 5.23. The van der Waals surface area contributed by atoms with Crippen molar-refractivity contribution in [3.05, 3.63) is 29.6 Å². The van der Waals surface area contributed by atoms with Crippen LogP contribution >= 0.6 is 0 Å². The number of fused-ring (bicyclic) bond motifs is 1. The molecule has 1 fully saturated rings. The predicted molar refractivity (Wildman–Crippen MR) is 82.6 cm³/mol. The summed E-state index contributed by atoms with van der Waals surface area (Å²) in [5.41, 5.74) is 2.53. The molecule has 1 aromatic heterocycles. The molecule has 4 nitrogen and oxygen atoms in total. The Labute approximate surface area is 124 Å². The fraction of sp³-hybridized carbons (Fsp3) is 0.529. The molecule has 3 rings (SSSR count). The van der Waals surface area contributed by atoms with Gasteiger partial charge in [0.25, 0.3) is 0 Å². The summed E-state index contributed by atoms with van der Waals surface area (Å²) in [4.78, 5) is 15.8. The van der Waals surface area contributed by atoms with Crippen LogP contribution in [0.5, 0.6) is 0 Å². The topological polar surface area (TPSA) is 55.1 Å². The second kappa shape index (κ2) is 5.17. The summed E-state index contributed by atoms with van der Waals surface area (Å²) in [7, 11) is 0. The van der Waals surface area contributed by atoms with Crippen molar-refractivity contribution in [3.63, 3.8) is 0 Å². The molecule has 0 atom stereocenters. The van der Waals surface area contributed by atoms with Crippen LogP contribution in [0.4, 0.5) is 0 Å². The summed E-state index contributed by atoms with van der Waals surface area (Å²) in [6, 6.07) is 5.21. The number of hydrogen-bond donors (Lipinski definition) is 1. The van der Waals surface area contributed by atoms with Gasteiger partial charge in [-0.15, -0.1) is 0 Å². The average Bonchev–Trinajstić information content (AvgIpc) is 3.05. The van der Waals surface area contributed by atoms with Crippen molar-refractivity contribution in [1.82, 2.24) is 9.55 Å². The van der Waals surface area contributed by atoms with E-state index in [1.165, 1.54) is 32.1 Å². The summed E-state index contributed by atoms with van der Waals surface area (Å²) in [5, 5.41) is 9.19. The van der Waals surface area contributed by atoms with Crippen LogP contribution in [0.25, 0.3) is 11.0 Å². The van der Waals surface area contributed by atoms with Gasteiger partial charge in [-0.2, -0.15) is 0 Å². The Hall–Kier alpha value is -1.84. The van der Waals surface area contributed by atoms with Gasteiger partial charge in [0.05, 0.1) is 16.6 Å². The van der Waals surface area contributed by atoms with Gasteiger partial charge in [0.2, 0.25) is 0 Å². The average molecular weight is 286 g/mol. The molecule has 1 aromatic carbocycles. The number of carboxylic acids is 1. The van der Waals surface area contributed by atoms with Crippen LogP contribution in [-0.2, 0) is 6.54 Å². The standard InChI is InChI=1S/C17H22N2O2/c1-3-17(8-4-5-9-17)11-19-12(2)18-14-7-6-13(16(20)21)10-15(14)19/h6-7,10H,3-5,8-9,11H2,1-2H3,(H,20,21). The van der Waals surface area contributed by atoms with Gasteiger partial charge in [-0.1, -0.05) is 19.8 Å². The van der Waals surface area contributed by atoms with Gasteiger partial charge in [-0.25, -0.2) is 9.78 Å². The molecule has 2 aromatic rings. The number of carboxylic acid groups (broad SMARTS) is 1. The van der Waals surface area contributed by atoms with Crippen LogP contribution in [0.2, 0.25) is 0 Å². The molecule has 1 saturated carbocycles. The van der Waals surface area contributed by atoms with E-state index in [2.05, 4.69) is 16.5 Å². The third kappa shape index (κ3) is 2.43. The largest absolute Gasteiger partial charge is 0.478 e. The van der Waals surface area contributed by atoms with Crippen molar-refractivity contribution in [2.45, 2.75) is 52.5 Å². The number of benzene rings is 1. The van der Waals surface area contributed by atoms with Crippen molar-refractivity contribution in [2.24, 2.45) is 5.41 Å². The fourth-order valence-corrected chi connectivity index (χ4v) is 3.66. The second-order valence-corrected chi connectivity index (χ2v) is 6.31. The van der Waals surface area contributed by atoms with Crippen molar-refractivity contribution in [3.8, 4) is 0 Å². The van der Waals surface area contributed by atoms with Crippen LogP contribution in [-0.4, -0.2) is 20.6 Å². The number of aryl methyl sites for hydroxylation is 1. The normalized spacial score (nSPS) is 17.4. The van der Waals surface area contributed by atoms with Gasteiger partial charge < -0.3 is 9.67 Å². The van der Waals surface area contributed by atoms with E-state index in [1.54, 1.807) is 12.1 Å². The van der Waals surface area contributed by atoms with Gasteiger partial charge in [0.15, 0.2) is 0 Å². The Morgan fingerprint density at radius 2 is 2.10 bits per heavy atom. The van der Waals surface area contributed by atoms with Crippen LogP contribution in [0.15, 0.2) is 18.2 Å². The Bertz CT molecular complexity index is 681. The van der Waals surface area contributed by atoms with E-state index in [1.807, 2.05) is 13.0 Å². The van der Waals surface area contributed by atoms with Crippen LogP contribution < -0.4 is 0 Å². The quantitative estimate of drug-likeness (QED) is 0.923. The van der Waals surface area contributed by atoms with Gasteiger partial charge in [0, 0.05) is 6.54 Å². The number of hydrogen-bond acceptors (Lipinski definition) is 2. The minimum atomic E-state index is -0.881. The molecule has 112 valence electrons. The third-order valence-electron chi connectivity index (χ3n) is 5.09. The van der Waals surface area contributed by atoms with Crippen molar-refractivity contribution < 1.29 is 9.90 Å². The Balaban J connectivity index is 2.06. The predicted octanol–water partition coefficient (Wildman–Crippen LogP) is 4.01. The highest BCUT2D eigenvalue weighted by molar-refractivity contribution is 5.92. The lowest BCUT2D eigenvalue weighted by Crippen LogP contribution is -2.23. The Kier molecular flexibility index (Phi) is 3.47. The van der Waals surface area contributed by atoms with E-state index in [0.29, 0.717) is 11.0 Å². The van der Waals surface area contributed by atoms with Crippen molar-refractivity contribution in [2.75, 3.05) is 0 Å². The minimum absolute atomic E-state index is 0.334. The number of nitrogens with zero attached hydrogens (tertiary/aromatic N) is 2. The molecule has 0 saturated heterocycles. The van der Waals surface area contributed by atoms with E-state index >= 15 is 0 Å². The molecular weight excluding hydrogens is 264 g/mol. The lowest BCUT2D eigenvalue weighted by molar-refractivity contribution is 0.0697. The van der Waals surface area contributed by atoms with Crippen molar-refractivity contribution in [1.29, 1.82) is 0 Å².